The van der Waals surface area contributed by atoms with E-state index >= 15 is 0 Å². The number of hydrogen-bond donors (Lipinski definition) is 3. The predicted octanol–water partition coefficient (Wildman–Crippen LogP) is 0.187. The smallest absolute Gasteiger partial charge is 0.512 e. The molecule has 1 amide bonds. The Labute approximate surface area is 137 Å². The van der Waals surface area contributed by atoms with Crippen LogP contribution in [0.1, 0.15) is 16.1 Å². The van der Waals surface area contributed by atoms with Gasteiger partial charge in [0, 0.05) is 13.6 Å². The third-order valence-electron chi connectivity index (χ3n) is 3.48. The third kappa shape index (κ3) is 3.37. The van der Waals surface area contributed by atoms with E-state index in [1.54, 1.807) is 37.8 Å². The molecule has 3 aromatic rings. The third-order valence-corrected chi connectivity index (χ3v) is 3.48. The molecule has 0 unspecified atom stereocenters. The second-order valence-electron chi connectivity index (χ2n) is 5.10. The summed E-state index contributed by atoms with van der Waals surface area (Å²) in [6.07, 6.45) is 3.25. The van der Waals surface area contributed by atoms with E-state index in [9.17, 15) is 4.79 Å². The van der Waals surface area contributed by atoms with Crippen LogP contribution in [-0.2, 0) is 6.54 Å². The maximum absolute atomic E-state index is 11.7. The van der Waals surface area contributed by atoms with Gasteiger partial charge in [0.25, 0.3) is 5.91 Å². The second-order valence-corrected chi connectivity index (χ2v) is 5.10. The highest BCUT2D eigenvalue weighted by Gasteiger charge is 2.12. The Kier molecular flexibility index (Phi) is 4.45. The van der Waals surface area contributed by atoms with Gasteiger partial charge in [0.05, 0.1) is 18.0 Å². The number of hydrogen-bond acceptors (Lipinski definition) is 6. The first-order valence-corrected chi connectivity index (χ1v) is 7.21. The molecule has 0 aliphatic rings. The lowest BCUT2D eigenvalue weighted by atomic mass is 10.2. The normalized spacial score (nSPS) is 10.6. The molecule has 0 spiro atoms. The molecule has 0 saturated heterocycles. The van der Waals surface area contributed by atoms with Crippen molar-refractivity contribution >= 4 is 24.3 Å². The van der Waals surface area contributed by atoms with E-state index in [4.69, 9.17) is 14.7 Å². The Hall–Kier alpha value is -2.91. The molecule has 0 aliphatic heterocycles. The number of carbonyl (C=O) groups is 1. The van der Waals surface area contributed by atoms with Crippen molar-refractivity contribution in [1.82, 2.24) is 19.9 Å². The SMILES string of the molecule is CNC(=O)c1cc2c(cn1)ncn2Cc1ccc(OB(O)O)cc1. The summed E-state index contributed by atoms with van der Waals surface area (Å²) < 4.78 is 6.67. The Morgan fingerprint density at radius 2 is 2.04 bits per heavy atom. The van der Waals surface area contributed by atoms with Crippen molar-refractivity contribution in [3.8, 4) is 5.75 Å². The summed E-state index contributed by atoms with van der Waals surface area (Å²) in [5, 5.41) is 20.1. The maximum Gasteiger partial charge on any atom is 0.707 e. The zero-order valence-corrected chi connectivity index (χ0v) is 12.9. The van der Waals surface area contributed by atoms with E-state index in [2.05, 4.69) is 15.3 Å². The molecule has 9 heteroatoms. The van der Waals surface area contributed by atoms with E-state index < -0.39 is 7.32 Å². The number of fused-ring (bicyclic) bond motifs is 1. The summed E-state index contributed by atoms with van der Waals surface area (Å²) in [6.45, 7) is 0.537. The number of carbonyl (C=O) groups excluding carboxylic acids is 1. The van der Waals surface area contributed by atoms with Crippen LogP contribution in [0.15, 0.2) is 42.9 Å². The molecule has 3 rings (SSSR count). The number of nitrogens with one attached hydrogen (secondary N) is 1. The van der Waals surface area contributed by atoms with Gasteiger partial charge in [-0.05, 0) is 23.8 Å². The van der Waals surface area contributed by atoms with Crippen LogP contribution in [0.25, 0.3) is 11.0 Å². The van der Waals surface area contributed by atoms with Crippen molar-refractivity contribution in [2.45, 2.75) is 6.54 Å². The molecular weight excluding hydrogens is 311 g/mol. The number of aromatic nitrogens is 3. The van der Waals surface area contributed by atoms with Crippen LogP contribution in [0.4, 0.5) is 0 Å². The minimum absolute atomic E-state index is 0.256. The van der Waals surface area contributed by atoms with E-state index in [0.29, 0.717) is 23.5 Å². The van der Waals surface area contributed by atoms with Gasteiger partial charge >= 0.3 is 7.32 Å². The summed E-state index contributed by atoms with van der Waals surface area (Å²) in [6, 6.07) is 8.60. The van der Waals surface area contributed by atoms with Crippen molar-refractivity contribution < 1.29 is 19.5 Å². The summed E-state index contributed by atoms with van der Waals surface area (Å²) >= 11 is 0. The molecule has 0 fully saturated rings. The fourth-order valence-corrected chi connectivity index (χ4v) is 2.33. The Bertz CT molecular complexity index is 864. The zero-order valence-electron chi connectivity index (χ0n) is 12.9. The molecule has 0 aliphatic carbocycles. The van der Waals surface area contributed by atoms with Crippen LogP contribution in [0.2, 0.25) is 0 Å². The Balaban J connectivity index is 1.85. The summed E-state index contributed by atoms with van der Waals surface area (Å²) in [5.41, 5.74) is 2.79. The average molecular weight is 326 g/mol. The molecule has 3 N–H and O–H groups in total. The van der Waals surface area contributed by atoms with Crippen molar-refractivity contribution in [2.24, 2.45) is 0 Å². The second kappa shape index (κ2) is 6.69. The molecule has 122 valence electrons. The van der Waals surface area contributed by atoms with E-state index in [0.717, 1.165) is 11.1 Å². The van der Waals surface area contributed by atoms with Crippen molar-refractivity contribution in [1.29, 1.82) is 0 Å². The molecule has 0 saturated carbocycles. The zero-order chi connectivity index (χ0) is 17.1. The van der Waals surface area contributed by atoms with Crippen LogP contribution < -0.4 is 9.97 Å². The number of benzene rings is 1. The van der Waals surface area contributed by atoms with Gasteiger partial charge in [-0.2, -0.15) is 0 Å². The maximum atomic E-state index is 11.7. The van der Waals surface area contributed by atoms with Crippen molar-refractivity contribution in [3.05, 3.63) is 54.1 Å². The standard InChI is InChI=1S/C15H15BN4O4/c1-17-15(21)12-6-14-13(7-18-12)19-9-20(14)8-10-2-4-11(5-3-10)24-16(22)23/h2-7,9,22-23H,8H2,1H3,(H,17,21). The van der Waals surface area contributed by atoms with Crippen LogP contribution >= 0.6 is 0 Å². The molecule has 0 radical (unpaired) electrons. The van der Waals surface area contributed by atoms with Gasteiger partial charge in [-0.25, -0.2) is 9.97 Å². The molecule has 2 heterocycles. The number of pyridine rings is 1. The summed E-state index contributed by atoms with van der Waals surface area (Å²) in [7, 11) is -0.289. The minimum atomic E-state index is -1.84. The van der Waals surface area contributed by atoms with E-state index in [-0.39, 0.29) is 5.91 Å². The van der Waals surface area contributed by atoms with Gasteiger partial charge in [0.15, 0.2) is 0 Å². The van der Waals surface area contributed by atoms with Crippen LogP contribution in [-0.4, -0.2) is 44.9 Å². The molecule has 0 atom stereocenters. The van der Waals surface area contributed by atoms with Gasteiger partial charge in [-0.15, -0.1) is 0 Å². The Morgan fingerprint density at radius 1 is 1.29 bits per heavy atom. The number of rotatable bonds is 5. The highest BCUT2D eigenvalue weighted by atomic mass is 16.6. The number of amides is 1. The van der Waals surface area contributed by atoms with Gasteiger partial charge in [0.2, 0.25) is 0 Å². The number of imidazole rings is 1. The summed E-state index contributed by atoms with van der Waals surface area (Å²) in [5.74, 6) is 0.101. The van der Waals surface area contributed by atoms with Gasteiger partial charge < -0.3 is 24.6 Å². The van der Waals surface area contributed by atoms with Crippen molar-refractivity contribution in [2.75, 3.05) is 7.05 Å². The molecule has 0 bridgehead atoms. The van der Waals surface area contributed by atoms with Crippen LogP contribution in [0.3, 0.4) is 0 Å². The molecular formula is C15H15BN4O4. The Morgan fingerprint density at radius 3 is 2.71 bits per heavy atom. The summed E-state index contributed by atoms with van der Waals surface area (Å²) in [4.78, 5) is 20.1. The number of nitrogens with zero attached hydrogens (tertiary/aromatic N) is 3. The lowest BCUT2D eigenvalue weighted by Crippen LogP contribution is -2.20. The highest BCUT2D eigenvalue weighted by molar-refractivity contribution is 6.33. The minimum Gasteiger partial charge on any atom is -0.512 e. The van der Waals surface area contributed by atoms with Gasteiger partial charge in [-0.3, -0.25) is 4.79 Å². The predicted molar refractivity (Wildman–Crippen MR) is 87.3 cm³/mol. The quantitative estimate of drug-likeness (QED) is 0.577. The first-order valence-electron chi connectivity index (χ1n) is 7.21. The molecule has 24 heavy (non-hydrogen) atoms. The fourth-order valence-electron chi connectivity index (χ4n) is 2.33. The van der Waals surface area contributed by atoms with Gasteiger partial charge in [-0.1, -0.05) is 12.1 Å². The monoisotopic (exact) mass is 326 g/mol. The lowest BCUT2D eigenvalue weighted by Gasteiger charge is -2.08. The van der Waals surface area contributed by atoms with Gasteiger partial charge in [0.1, 0.15) is 17.0 Å². The van der Waals surface area contributed by atoms with E-state index in [1.807, 2.05) is 16.7 Å². The first-order chi connectivity index (χ1) is 11.6. The largest absolute Gasteiger partial charge is 0.707 e. The molecule has 8 nitrogen and oxygen atoms in total. The fraction of sp³-hybridized carbons (Fsp3) is 0.133. The topological polar surface area (TPSA) is 110 Å². The van der Waals surface area contributed by atoms with Crippen LogP contribution in [0, 0.1) is 0 Å². The van der Waals surface area contributed by atoms with E-state index in [1.165, 1.54) is 0 Å². The van der Waals surface area contributed by atoms with Crippen molar-refractivity contribution in [3.63, 3.8) is 0 Å². The molecule has 2 aromatic heterocycles. The lowest BCUT2D eigenvalue weighted by molar-refractivity contribution is 0.0958. The molecule has 1 aromatic carbocycles. The highest BCUT2D eigenvalue weighted by Crippen LogP contribution is 2.17. The first kappa shape index (κ1) is 16.0. The average Bonchev–Trinajstić information content (AvgIpc) is 2.97. The van der Waals surface area contributed by atoms with Crippen LogP contribution in [0.5, 0.6) is 5.75 Å².